The van der Waals surface area contributed by atoms with Gasteiger partial charge in [-0.2, -0.15) is 5.10 Å². The summed E-state index contributed by atoms with van der Waals surface area (Å²) in [6.07, 6.45) is 3.04. The molecule has 9 rings (SSSR count). The molecule has 1 amide bonds. The number of benzene rings is 2. The molecule has 0 spiro atoms. The lowest BCUT2D eigenvalue weighted by molar-refractivity contribution is -0.132. The zero-order chi connectivity index (χ0) is 35.7. The number of ether oxygens (including phenoxy) is 2. The van der Waals surface area contributed by atoms with Crippen LogP contribution in [0.15, 0.2) is 61.1 Å². The Morgan fingerprint density at radius 1 is 1.02 bits per heavy atom. The molecule has 13 nitrogen and oxygen atoms in total. The number of amides is 1. The highest BCUT2D eigenvalue weighted by Crippen LogP contribution is 2.36. The summed E-state index contributed by atoms with van der Waals surface area (Å²) in [4.78, 5) is 37.3. The Morgan fingerprint density at radius 3 is 2.67 bits per heavy atom. The molecule has 0 radical (unpaired) electrons. The van der Waals surface area contributed by atoms with Crippen molar-refractivity contribution in [1.82, 2.24) is 39.2 Å². The number of hydrogen-bond acceptors (Lipinski definition) is 10. The Bertz CT molecular complexity index is 2360. The summed E-state index contributed by atoms with van der Waals surface area (Å²) in [6.45, 7) is 4.47. The number of rotatable bonds is 4. The number of methoxy groups -OCH3 is 1. The average Bonchev–Trinajstić information content (AvgIpc) is 3.81. The predicted molar refractivity (Wildman–Crippen MR) is 189 cm³/mol. The van der Waals surface area contributed by atoms with Crippen LogP contribution in [-0.2, 0) is 20.8 Å². The van der Waals surface area contributed by atoms with Gasteiger partial charge in [0, 0.05) is 50.8 Å². The predicted octanol–water partition coefficient (Wildman–Crippen LogP) is 4.47. The number of likely N-dealkylation sites (N-methyl/N-ethyl adjacent to an activating group) is 1. The van der Waals surface area contributed by atoms with Gasteiger partial charge in [0.25, 0.3) is 0 Å². The summed E-state index contributed by atoms with van der Waals surface area (Å²) < 4.78 is 43.7. The minimum absolute atomic E-state index is 0.0482. The second kappa shape index (κ2) is 12.6. The number of nitrogens with zero attached hydrogens (tertiary/aromatic N) is 9. The van der Waals surface area contributed by atoms with E-state index in [4.69, 9.17) is 19.4 Å². The molecule has 2 aromatic carbocycles. The summed E-state index contributed by atoms with van der Waals surface area (Å²) in [5, 5.41) is 8.61. The van der Waals surface area contributed by atoms with Crippen LogP contribution in [0.4, 0.5) is 20.4 Å². The lowest BCUT2D eigenvalue weighted by atomic mass is 9.96. The number of fused-ring (bicyclic) bond motifs is 6. The van der Waals surface area contributed by atoms with Crippen molar-refractivity contribution >= 4 is 39.6 Å². The van der Waals surface area contributed by atoms with Crippen LogP contribution < -0.4 is 10.2 Å². The smallest absolute Gasteiger partial charge is 0.245 e. The minimum atomic E-state index is -0.775. The van der Waals surface area contributed by atoms with E-state index >= 15 is 0 Å². The van der Waals surface area contributed by atoms with E-state index in [0.717, 1.165) is 39.7 Å². The highest BCUT2D eigenvalue weighted by molar-refractivity contribution is 5.94. The standard InChI is InChI=1S/C37H36F2N10O3/c1-20-43-29-6-4-5-26-30-9-21(22-17-52-18-22)10-33(45-30)44-24-12-32(37(50)46(2)15-25(51-3)16-47(20)34(26)29)48(14-24)35-27-13-42-49(36(27)41-19-40-35)31-8-7-23(38)11-28(31)39/h4-11,13,19,22,24-25,32H,12,14-18H2,1-3H3,(H,44,45)/t24-,25?,32-/m0/s1. The van der Waals surface area contributed by atoms with Crippen molar-refractivity contribution in [3.8, 4) is 16.9 Å². The third kappa shape index (κ3) is 5.42. The lowest BCUT2D eigenvalue weighted by Gasteiger charge is -2.31. The van der Waals surface area contributed by atoms with Crippen molar-refractivity contribution in [2.45, 2.75) is 44.0 Å². The quantitative estimate of drug-likeness (QED) is 0.281. The normalized spacial score (nSPS) is 20.9. The fourth-order valence-corrected chi connectivity index (χ4v) is 7.73. The summed E-state index contributed by atoms with van der Waals surface area (Å²) in [7, 11) is 3.45. The molecule has 4 aromatic heterocycles. The van der Waals surface area contributed by atoms with Crippen molar-refractivity contribution in [1.29, 1.82) is 0 Å². The second-order valence-electron chi connectivity index (χ2n) is 13.8. The molecule has 52 heavy (non-hydrogen) atoms. The SMILES string of the molecule is COC1CN(C)C(=O)[C@@H]2C[C@@H](CN2c2ncnc3c2cnn3-c2ccc(F)cc2F)Nc2cc(C3COC3)cc(n2)-c2cccc3nc(C)n(c23)C1. The molecule has 4 bridgehead atoms. The molecule has 2 saturated heterocycles. The Balaban J connectivity index is 1.16. The largest absolute Gasteiger partial charge is 0.380 e. The topological polar surface area (TPSA) is 128 Å². The first-order chi connectivity index (χ1) is 25.2. The number of para-hydroxylation sites is 1. The molecule has 0 saturated carbocycles. The Kier molecular flexibility index (Phi) is 7.84. The number of halogens is 2. The second-order valence-corrected chi connectivity index (χ2v) is 13.8. The monoisotopic (exact) mass is 706 g/mol. The van der Waals surface area contributed by atoms with E-state index in [1.165, 1.54) is 23.1 Å². The highest BCUT2D eigenvalue weighted by Gasteiger charge is 2.41. The van der Waals surface area contributed by atoms with Gasteiger partial charge >= 0.3 is 0 Å². The zero-order valence-electron chi connectivity index (χ0n) is 28.8. The van der Waals surface area contributed by atoms with E-state index in [1.54, 1.807) is 25.3 Å². The Labute approximate surface area is 297 Å². The van der Waals surface area contributed by atoms with Crippen LogP contribution in [0.3, 0.4) is 0 Å². The molecular formula is C37H36F2N10O3. The van der Waals surface area contributed by atoms with Crippen molar-refractivity contribution in [2.75, 3.05) is 50.7 Å². The van der Waals surface area contributed by atoms with Crippen molar-refractivity contribution in [3.63, 3.8) is 0 Å². The van der Waals surface area contributed by atoms with Gasteiger partial charge in [-0.25, -0.2) is 33.4 Å². The van der Waals surface area contributed by atoms with Crippen molar-refractivity contribution in [2.24, 2.45) is 0 Å². The van der Waals surface area contributed by atoms with E-state index in [-0.39, 0.29) is 29.7 Å². The van der Waals surface area contributed by atoms with Gasteiger partial charge in [0.2, 0.25) is 5.91 Å². The number of carbonyl (C=O) groups excluding carboxylic acids is 1. The summed E-state index contributed by atoms with van der Waals surface area (Å²) in [5.41, 5.74) is 5.11. The van der Waals surface area contributed by atoms with Crippen LogP contribution in [0.25, 0.3) is 39.0 Å². The number of carbonyl (C=O) groups is 1. The molecule has 15 heteroatoms. The fourth-order valence-electron chi connectivity index (χ4n) is 7.73. The number of hydrogen-bond donors (Lipinski definition) is 1. The molecular weight excluding hydrogens is 670 g/mol. The van der Waals surface area contributed by atoms with Gasteiger partial charge in [-0.05, 0) is 49.2 Å². The number of nitrogens with one attached hydrogen (secondary N) is 1. The highest BCUT2D eigenvalue weighted by atomic mass is 19.1. The van der Waals surface area contributed by atoms with Crippen LogP contribution in [0.2, 0.25) is 0 Å². The summed E-state index contributed by atoms with van der Waals surface area (Å²) >= 11 is 0. The Hall–Kier alpha value is -5.54. The van der Waals surface area contributed by atoms with E-state index in [2.05, 4.69) is 43.1 Å². The lowest BCUT2D eigenvalue weighted by Crippen LogP contribution is -2.47. The molecule has 2 fully saturated rings. The van der Waals surface area contributed by atoms with Crippen LogP contribution in [0.5, 0.6) is 0 Å². The fraction of sp³-hybridized carbons (Fsp3) is 0.351. The first kappa shape index (κ1) is 32.4. The maximum absolute atomic E-state index is 14.9. The molecule has 1 N–H and O–H groups in total. The van der Waals surface area contributed by atoms with Gasteiger partial charge in [0.15, 0.2) is 11.5 Å². The Morgan fingerprint density at radius 2 is 1.88 bits per heavy atom. The maximum Gasteiger partial charge on any atom is 0.245 e. The summed E-state index contributed by atoms with van der Waals surface area (Å²) in [5.74, 6) is 0.689. The number of aryl methyl sites for hydroxylation is 1. The van der Waals surface area contributed by atoms with Crippen molar-refractivity contribution < 1.29 is 23.0 Å². The number of aromatic nitrogens is 7. The van der Waals surface area contributed by atoms with Gasteiger partial charge < -0.3 is 29.2 Å². The third-order valence-electron chi connectivity index (χ3n) is 10.5. The molecule has 1 unspecified atom stereocenters. The first-order valence-electron chi connectivity index (χ1n) is 17.3. The third-order valence-corrected chi connectivity index (χ3v) is 10.5. The van der Waals surface area contributed by atoms with Gasteiger partial charge in [0.1, 0.15) is 41.3 Å². The molecule has 6 aromatic rings. The van der Waals surface area contributed by atoms with Crippen LogP contribution in [0, 0.1) is 18.6 Å². The average molecular weight is 707 g/mol. The van der Waals surface area contributed by atoms with Crippen LogP contribution in [0.1, 0.15) is 23.7 Å². The minimum Gasteiger partial charge on any atom is -0.380 e. The van der Waals surface area contributed by atoms with E-state index in [9.17, 15) is 13.6 Å². The maximum atomic E-state index is 14.9. The van der Waals surface area contributed by atoms with Gasteiger partial charge in [0.05, 0.1) is 54.2 Å². The first-order valence-corrected chi connectivity index (χ1v) is 17.3. The molecule has 3 atom stereocenters. The summed E-state index contributed by atoms with van der Waals surface area (Å²) in [6, 6.07) is 12.8. The van der Waals surface area contributed by atoms with Crippen LogP contribution >= 0.6 is 0 Å². The molecule has 0 aliphatic carbocycles. The molecule has 3 aliphatic rings. The van der Waals surface area contributed by atoms with Gasteiger partial charge in [-0.15, -0.1) is 0 Å². The van der Waals surface area contributed by atoms with E-state index in [0.29, 0.717) is 61.9 Å². The molecule has 7 heterocycles. The molecule has 266 valence electrons. The number of anilines is 2. The molecule has 3 aliphatic heterocycles. The van der Waals surface area contributed by atoms with Gasteiger partial charge in [-0.3, -0.25) is 4.79 Å². The van der Waals surface area contributed by atoms with Crippen molar-refractivity contribution in [3.05, 3.63) is 84.1 Å². The van der Waals surface area contributed by atoms with E-state index in [1.807, 2.05) is 24.0 Å². The van der Waals surface area contributed by atoms with Crippen LogP contribution in [-0.4, -0.2) is 104 Å². The number of pyridine rings is 1. The zero-order valence-corrected chi connectivity index (χ0v) is 28.8. The van der Waals surface area contributed by atoms with Gasteiger partial charge in [-0.1, -0.05) is 12.1 Å². The number of imidazole rings is 1. The van der Waals surface area contributed by atoms with E-state index < -0.39 is 17.7 Å².